The zero-order valence-electron chi connectivity index (χ0n) is 17.3. The van der Waals surface area contributed by atoms with Gasteiger partial charge in [-0.05, 0) is 41.9 Å². The Balaban J connectivity index is 1.26. The number of nitrogens with zero attached hydrogens (tertiary/aromatic N) is 3. The Hall–Kier alpha value is -2.28. The Morgan fingerprint density at radius 3 is 2.60 bits per heavy atom. The predicted molar refractivity (Wildman–Crippen MR) is 117 cm³/mol. The van der Waals surface area contributed by atoms with Gasteiger partial charge in [0.25, 0.3) is 0 Å². The van der Waals surface area contributed by atoms with Crippen LogP contribution in [0.25, 0.3) is 0 Å². The first-order chi connectivity index (χ1) is 14.6. The van der Waals surface area contributed by atoms with Gasteiger partial charge in [-0.3, -0.25) is 14.6 Å². The molecular formula is C23H28ClN3O3. The van der Waals surface area contributed by atoms with Crippen molar-refractivity contribution in [1.29, 1.82) is 0 Å². The molecular weight excluding hydrogens is 402 g/mol. The molecule has 0 spiro atoms. The molecule has 0 N–H and O–H groups in total. The average molecular weight is 430 g/mol. The SMILES string of the molecule is CCN(CC(=O)N1CCN(Cc2cccc(Cl)c2)CC1)Cc1ccc2c(c1)OCO2. The summed E-state index contributed by atoms with van der Waals surface area (Å²) in [6.07, 6.45) is 0. The second-order valence-electron chi connectivity index (χ2n) is 7.78. The maximum absolute atomic E-state index is 12.9. The van der Waals surface area contributed by atoms with Crippen LogP contribution in [0, 0.1) is 0 Å². The number of carbonyl (C=O) groups is 1. The summed E-state index contributed by atoms with van der Waals surface area (Å²) < 4.78 is 10.8. The van der Waals surface area contributed by atoms with E-state index in [-0.39, 0.29) is 12.7 Å². The topological polar surface area (TPSA) is 45.3 Å². The molecule has 2 heterocycles. The molecule has 2 aliphatic heterocycles. The molecule has 2 aromatic rings. The Bertz CT molecular complexity index is 884. The van der Waals surface area contributed by atoms with Crippen LogP contribution in [0.1, 0.15) is 18.1 Å². The van der Waals surface area contributed by atoms with Crippen LogP contribution in [0.2, 0.25) is 5.02 Å². The molecule has 0 atom stereocenters. The van der Waals surface area contributed by atoms with Crippen LogP contribution in [0.5, 0.6) is 11.5 Å². The number of piperazine rings is 1. The third-order valence-corrected chi connectivity index (χ3v) is 5.90. The first-order valence-electron chi connectivity index (χ1n) is 10.5. The van der Waals surface area contributed by atoms with E-state index < -0.39 is 0 Å². The number of hydrogen-bond donors (Lipinski definition) is 0. The summed E-state index contributed by atoms with van der Waals surface area (Å²) in [4.78, 5) is 19.4. The van der Waals surface area contributed by atoms with Gasteiger partial charge in [0, 0.05) is 44.3 Å². The maximum Gasteiger partial charge on any atom is 0.236 e. The van der Waals surface area contributed by atoms with Gasteiger partial charge in [-0.1, -0.05) is 36.7 Å². The van der Waals surface area contributed by atoms with Crippen LogP contribution >= 0.6 is 11.6 Å². The lowest BCUT2D eigenvalue weighted by molar-refractivity contribution is -0.134. The zero-order valence-corrected chi connectivity index (χ0v) is 18.1. The molecule has 0 radical (unpaired) electrons. The van der Waals surface area contributed by atoms with E-state index in [4.69, 9.17) is 21.1 Å². The lowest BCUT2D eigenvalue weighted by Crippen LogP contribution is -2.50. The summed E-state index contributed by atoms with van der Waals surface area (Å²) >= 11 is 6.09. The number of halogens is 1. The highest BCUT2D eigenvalue weighted by atomic mass is 35.5. The molecule has 0 aliphatic carbocycles. The molecule has 4 rings (SSSR count). The predicted octanol–water partition coefficient (Wildman–Crippen LogP) is 3.24. The number of rotatable bonds is 7. The van der Waals surface area contributed by atoms with E-state index in [1.54, 1.807) is 0 Å². The van der Waals surface area contributed by atoms with Gasteiger partial charge in [0.15, 0.2) is 11.5 Å². The number of likely N-dealkylation sites (N-methyl/N-ethyl adjacent to an activating group) is 1. The number of amides is 1. The fourth-order valence-electron chi connectivity index (χ4n) is 3.92. The van der Waals surface area contributed by atoms with Gasteiger partial charge >= 0.3 is 0 Å². The summed E-state index contributed by atoms with van der Waals surface area (Å²) in [5.74, 6) is 1.76. The largest absolute Gasteiger partial charge is 0.454 e. The fraction of sp³-hybridized carbons (Fsp3) is 0.435. The highest BCUT2D eigenvalue weighted by molar-refractivity contribution is 6.30. The van der Waals surface area contributed by atoms with Crippen molar-refractivity contribution in [2.75, 3.05) is 46.1 Å². The molecule has 1 amide bonds. The molecule has 1 saturated heterocycles. The summed E-state index contributed by atoms with van der Waals surface area (Å²) in [6, 6.07) is 14.0. The Labute approximate surface area is 182 Å². The van der Waals surface area contributed by atoms with Crippen molar-refractivity contribution in [3.05, 3.63) is 58.6 Å². The van der Waals surface area contributed by atoms with Crippen molar-refractivity contribution in [3.8, 4) is 11.5 Å². The third-order valence-electron chi connectivity index (χ3n) is 5.67. The third kappa shape index (κ3) is 5.25. The molecule has 0 aromatic heterocycles. The molecule has 6 nitrogen and oxygen atoms in total. The first-order valence-corrected chi connectivity index (χ1v) is 10.8. The van der Waals surface area contributed by atoms with E-state index in [1.165, 1.54) is 5.56 Å². The van der Waals surface area contributed by atoms with Gasteiger partial charge in [-0.15, -0.1) is 0 Å². The van der Waals surface area contributed by atoms with Crippen molar-refractivity contribution in [2.24, 2.45) is 0 Å². The van der Waals surface area contributed by atoms with Crippen molar-refractivity contribution in [3.63, 3.8) is 0 Å². The maximum atomic E-state index is 12.9. The standard InChI is InChI=1S/C23H28ClN3O3/c1-2-25(14-19-6-7-21-22(13-19)30-17-29-21)16-23(28)27-10-8-26(9-11-27)15-18-4-3-5-20(24)12-18/h3-7,12-13H,2,8-11,14-17H2,1H3. The van der Waals surface area contributed by atoms with Crippen LogP contribution in [-0.2, 0) is 17.9 Å². The molecule has 7 heteroatoms. The van der Waals surface area contributed by atoms with Gasteiger partial charge in [0.2, 0.25) is 12.7 Å². The van der Waals surface area contributed by atoms with Gasteiger partial charge in [0.1, 0.15) is 0 Å². The normalized spacial score (nSPS) is 16.3. The van der Waals surface area contributed by atoms with Crippen molar-refractivity contribution < 1.29 is 14.3 Å². The molecule has 0 saturated carbocycles. The minimum Gasteiger partial charge on any atom is -0.454 e. The number of carbonyl (C=O) groups excluding carboxylic acids is 1. The number of benzene rings is 2. The van der Waals surface area contributed by atoms with Crippen molar-refractivity contribution in [1.82, 2.24) is 14.7 Å². The summed E-state index contributed by atoms with van der Waals surface area (Å²) in [6.45, 7) is 8.48. The van der Waals surface area contributed by atoms with E-state index in [0.717, 1.165) is 61.4 Å². The highest BCUT2D eigenvalue weighted by Crippen LogP contribution is 2.32. The lowest BCUT2D eigenvalue weighted by atomic mass is 10.2. The Morgan fingerprint density at radius 1 is 1.03 bits per heavy atom. The average Bonchev–Trinajstić information content (AvgIpc) is 3.21. The van der Waals surface area contributed by atoms with E-state index in [1.807, 2.05) is 41.3 Å². The Kier molecular flexibility index (Phi) is 6.77. The quantitative estimate of drug-likeness (QED) is 0.676. The summed E-state index contributed by atoms with van der Waals surface area (Å²) in [5.41, 5.74) is 2.34. The first kappa shape index (κ1) is 21.0. The summed E-state index contributed by atoms with van der Waals surface area (Å²) in [5, 5.41) is 0.767. The minimum absolute atomic E-state index is 0.194. The molecule has 160 valence electrons. The lowest BCUT2D eigenvalue weighted by Gasteiger charge is -2.35. The van der Waals surface area contributed by atoms with E-state index >= 15 is 0 Å². The van der Waals surface area contributed by atoms with Crippen LogP contribution in [0.4, 0.5) is 0 Å². The van der Waals surface area contributed by atoms with Gasteiger partial charge < -0.3 is 14.4 Å². The minimum atomic E-state index is 0.194. The molecule has 1 fully saturated rings. The van der Waals surface area contributed by atoms with E-state index in [2.05, 4.69) is 22.8 Å². The molecule has 30 heavy (non-hydrogen) atoms. The smallest absolute Gasteiger partial charge is 0.236 e. The van der Waals surface area contributed by atoms with E-state index in [0.29, 0.717) is 13.1 Å². The van der Waals surface area contributed by atoms with Crippen LogP contribution in [0.15, 0.2) is 42.5 Å². The van der Waals surface area contributed by atoms with Crippen LogP contribution < -0.4 is 9.47 Å². The second kappa shape index (κ2) is 9.69. The van der Waals surface area contributed by atoms with E-state index in [9.17, 15) is 4.79 Å². The molecule has 2 aliphatic rings. The number of fused-ring (bicyclic) bond motifs is 1. The van der Waals surface area contributed by atoms with Crippen LogP contribution in [0.3, 0.4) is 0 Å². The monoisotopic (exact) mass is 429 g/mol. The highest BCUT2D eigenvalue weighted by Gasteiger charge is 2.23. The number of ether oxygens (including phenoxy) is 2. The van der Waals surface area contributed by atoms with Gasteiger partial charge in [0.05, 0.1) is 6.54 Å². The number of hydrogen-bond acceptors (Lipinski definition) is 5. The Morgan fingerprint density at radius 2 is 1.83 bits per heavy atom. The van der Waals surface area contributed by atoms with Gasteiger partial charge in [-0.25, -0.2) is 0 Å². The molecule has 0 unspecified atom stereocenters. The summed E-state index contributed by atoms with van der Waals surface area (Å²) in [7, 11) is 0. The van der Waals surface area contributed by atoms with Crippen molar-refractivity contribution in [2.45, 2.75) is 20.0 Å². The van der Waals surface area contributed by atoms with Crippen LogP contribution in [-0.4, -0.2) is 66.7 Å². The fourth-order valence-corrected chi connectivity index (χ4v) is 4.13. The van der Waals surface area contributed by atoms with Gasteiger partial charge in [-0.2, -0.15) is 0 Å². The molecule has 2 aromatic carbocycles. The van der Waals surface area contributed by atoms with Crippen molar-refractivity contribution >= 4 is 17.5 Å². The zero-order chi connectivity index (χ0) is 20.9. The second-order valence-corrected chi connectivity index (χ2v) is 8.21. The molecule has 0 bridgehead atoms.